The van der Waals surface area contributed by atoms with Gasteiger partial charge in [0.15, 0.2) is 11.0 Å². The molecule has 0 saturated heterocycles. The number of aliphatic hydroxyl groups is 3. The molecular formula is C10H16N2O4S. The first-order valence-corrected chi connectivity index (χ1v) is 5.61. The predicted molar refractivity (Wildman–Crippen MR) is 64.1 cm³/mol. The van der Waals surface area contributed by atoms with Crippen molar-refractivity contribution in [1.82, 2.24) is 9.55 Å². The van der Waals surface area contributed by atoms with E-state index >= 15 is 0 Å². The number of hydrogen-bond acceptors (Lipinski definition) is 5. The van der Waals surface area contributed by atoms with Crippen LogP contribution in [-0.2, 0) is 0 Å². The number of nitrogens with one attached hydrogen (secondary N) is 1. The summed E-state index contributed by atoms with van der Waals surface area (Å²) >= 11 is 4.86. The minimum Gasteiger partial charge on any atom is -0.390 e. The molecule has 0 spiro atoms. The maximum atomic E-state index is 11.0. The molecule has 17 heavy (non-hydrogen) atoms. The van der Waals surface area contributed by atoms with Crippen molar-refractivity contribution in [3.63, 3.8) is 0 Å². The molecule has 1 aromatic rings. The summed E-state index contributed by atoms with van der Waals surface area (Å²) in [5, 5.41) is 29.7. The van der Waals surface area contributed by atoms with Crippen LogP contribution >= 0.6 is 12.2 Å². The van der Waals surface area contributed by atoms with Crippen LogP contribution in [0, 0.1) is 4.77 Å². The normalized spacial score (nSPS) is 18.4. The number of nitrogens with zero attached hydrogens (tertiary/aromatic N) is 1. The molecule has 0 saturated carbocycles. The second kappa shape index (κ2) is 5.09. The van der Waals surface area contributed by atoms with Crippen LogP contribution in [0.4, 0.5) is 0 Å². The molecule has 1 unspecified atom stereocenters. The van der Waals surface area contributed by atoms with Crippen LogP contribution in [0.1, 0.15) is 26.5 Å². The molecule has 0 aliphatic rings. The van der Waals surface area contributed by atoms with Gasteiger partial charge in [0.25, 0.3) is 5.56 Å². The number of rotatable bonds is 4. The number of aromatic nitrogens is 2. The summed E-state index contributed by atoms with van der Waals surface area (Å²) in [5.74, 6) is 0. The monoisotopic (exact) mass is 260 g/mol. The number of H-pyrrole nitrogens is 1. The Morgan fingerprint density at radius 1 is 1.59 bits per heavy atom. The Morgan fingerprint density at radius 3 is 2.65 bits per heavy atom. The van der Waals surface area contributed by atoms with Gasteiger partial charge in [-0.2, -0.15) is 0 Å². The highest BCUT2D eigenvalue weighted by atomic mass is 32.1. The molecule has 4 N–H and O–H groups in total. The van der Waals surface area contributed by atoms with E-state index in [4.69, 9.17) is 12.2 Å². The summed E-state index contributed by atoms with van der Waals surface area (Å²) in [6.45, 7) is 2.98. The summed E-state index contributed by atoms with van der Waals surface area (Å²) in [6, 6.07) is 1.17. The molecule has 1 rings (SSSR count). The molecule has 0 amide bonds. The second-order valence-electron chi connectivity index (χ2n) is 4.04. The highest BCUT2D eigenvalue weighted by Crippen LogP contribution is 2.25. The average molecular weight is 260 g/mol. The largest absolute Gasteiger partial charge is 0.390 e. The van der Waals surface area contributed by atoms with E-state index in [0.29, 0.717) is 0 Å². The smallest absolute Gasteiger partial charge is 0.251 e. The van der Waals surface area contributed by atoms with Gasteiger partial charge in [-0.25, -0.2) is 0 Å². The minimum atomic E-state index is -1.76. The van der Waals surface area contributed by atoms with E-state index in [1.54, 1.807) is 6.92 Å². The van der Waals surface area contributed by atoms with Crippen LogP contribution in [0.2, 0.25) is 0 Å². The summed E-state index contributed by atoms with van der Waals surface area (Å²) in [6.07, 6.45) is -1.00. The van der Waals surface area contributed by atoms with E-state index in [9.17, 15) is 20.1 Å². The first-order chi connectivity index (χ1) is 7.80. The van der Waals surface area contributed by atoms with Crippen molar-refractivity contribution in [3.8, 4) is 0 Å². The molecule has 1 heterocycles. The van der Waals surface area contributed by atoms with Gasteiger partial charge in [-0.05, 0) is 25.6 Å². The quantitative estimate of drug-likeness (QED) is 0.568. The highest BCUT2D eigenvalue weighted by Gasteiger charge is 2.38. The average Bonchev–Trinajstić information content (AvgIpc) is 2.27. The van der Waals surface area contributed by atoms with Crippen LogP contribution in [0.3, 0.4) is 0 Å². The number of hydrogen-bond donors (Lipinski definition) is 4. The van der Waals surface area contributed by atoms with Gasteiger partial charge in [-0.1, -0.05) is 6.92 Å². The standard InChI is InChI=1S/C10H16N2O4S/c1-3-6(13)10(2,16)8(15)12-5-4-7(14)11-9(12)17/h4-6,8,13,15-16H,3H2,1-2H3,(H,11,14,17)/t6?,8-,10-/m1/s1. The van der Waals surface area contributed by atoms with Crippen molar-refractivity contribution in [1.29, 1.82) is 0 Å². The molecule has 7 heteroatoms. The lowest BCUT2D eigenvalue weighted by Gasteiger charge is -2.34. The van der Waals surface area contributed by atoms with Gasteiger partial charge in [0.1, 0.15) is 5.60 Å². The Labute approximate surface area is 103 Å². The van der Waals surface area contributed by atoms with E-state index in [-0.39, 0.29) is 11.2 Å². The molecular weight excluding hydrogens is 244 g/mol. The Kier molecular flexibility index (Phi) is 4.21. The van der Waals surface area contributed by atoms with Crippen molar-refractivity contribution in [2.75, 3.05) is 0 Å². The molecule has 1 aromatic heterocycles. The molecule has 0 aromatic carbocycles. The fourth-order valence-corrected chi connectivity index (χ4v) is 1.75. The Hall–Kier alpha value is -1.02. The fourth-order valence-electron chi connectivity index (χ4n) is 1.49. The van der Waals surface area contributed by atoms with Gasteiger partial charge in [0, 0.05) is 12.3 Å². The van der Waals surface area contributed by atoms with Gasteiger partial charge in [0.05, 0.1) is 6.10 Å². The first kappa shape index (κ1) is 14.0. The third-order valence-electron chi connectivity index (χ3n) is 2.70. The number of aromatic amines is 1. The van der Waals surface area contributed by atoms with Crippen molar-refractivity contribution in [3.05, 3.63) is 27.4 Å². The fraction of sp³-hybridized carbons (Fsp3) is 0.600. The van der Waals surface area contributed by atoms with Crippen molar-refractivity contribution in [2.45, 2.75) is 38.2 Å². The van der Waals surface area contributed by atoms with Gasteiger partial charge >= 0.3 is 0 Å². The second-order valence-corrected chi connectivity index (χ2v) is 4.43. The Morgan fingerprint density at radius 2 is 2.18 bits per heavy atom. The van der Waals surface area contributed by atoms with Crippen molar-refractivity contribution in [2.24, 2.45) is 0 Å². The van der Waals surface area contributed by atoms with Crippen LogP contribution in [0.15, 0.2) is 17.1 Å². The van der Waals surface area contributed by atoms with Crippen molar-refractivity contribution >= 4 is 12.2 Å². The van der Waals surface area contributed by atoms with Gasteiger partial charge in [-0.15, -0.1) is 0 Å². The summed E-state index contributed by atoms with van der Waals surface area (Å²) in [7, 11) is 0. The lowest BCUT2D eigenvalue weighted by Crippen LogP contribution is -2.47. The third kappa shape index (κ3) is 2.81. The van der Waals surface area contributed by atoms with Crippen LogP contribution in [0.5, 0.6) is 0 Å². The third-order valence-corrected chi connectivity index (χ3v) is 3.01. The maximum absolute atomic E-state index is 11.0. The molecule has 0 fully saturated rings. The van der Waals surface area contributed by atoms with Crippen molar-refractivity contribution < 1.29 is 15.3 Å². The zero-order valence-corrected chi connectivity index (χ0v) is 10.4. The molecule has 6 nitrogen and oxygen atoms in total. The number of aliphatic hydroxyl groups excluding tert-OH is 2. The van der Waals surface area contributed by atoms with Crippen LogP contribution in [-0.4, -0.2) is 36.6 Å². The van der Waals surface area contributed by atoms with Gasteiger partial charge in [-0.3, -0.25) is 14.3 Å². The molecule has 0 aliphatic carbocycles. The molecule has 0 bridgehead atoms. The van der Waals surface area contributed by atoms with E-state index in [1.165, 1.54) is 19.2 Å². The predicted octanol–water partition coefficient (Wildman–Crippen LogP) is -0.0813. The van der Waals surface area contributed by atoms with E-state index in [1.807, 2.05) is 0 Å². The van der Waals surface area contributed by atoms with Gasteiger partial charge < -0.3 is 15.3 Å². The molecule has 0 radical (unpaired) electrons. The SMILES string of the molecule is CCC(O)[C@@](C)(O)[C@@H](O)n1ccc(=O)[nH]c1=S. The summed E-state index contributed by atoms with van der Waals surface area (Å²) in [4.78, 5) is 13.3. The first-order valence-electron chi connectivity index (χ1n) is 5.20. The Balaban J connectivity index is 3.16. The minimum absolute atomic E-state index is 0.0198. The highest BCUT2D eigenvalue weighted by molar-refractivity contribution is 7.71. The Bertz CT molecular complexity index is 494. The van der Waals surface area contributed by atoms with E-state index < -0.39 is 23.5 Å². The maximum Gasteiger partial charge on any atom is 0.251 e. The zero-order valence-electron chi connectivity index (χ0n) is 9.62. The van der Waals surface area contributed by atoms with E-state index in [0.717, 1.165) is 4.57 Å². The van der Waals surface area contributed by atoms with E-state index in [2.05, 4.69) is 4.98 Å². The van der Waals surface area contributed by atoms with Gasteiger partial charge in [0.2, 0.25) is 0 Å². The topological polar surface area (TPSA) is 98.5 Å². The summed E-state index contributed by atoms with van der Waals surface area (Å²) < 4.78 is 1.10. The molecule has 96 valence electrons. The molecule has 3 atom stereocenters. The summed E-state index contributed by atoms with van der Waals surface area (Å²) in [5.41, 5.74) is -2.15. The lowest BCUT2D eigenvalue weighted by molar-refractivity contribution is -0.164. The zero-order chi connectivity index (χ0) is 13.2. The van der Waals surface area contributed by atoms with Crippen LogP contribution < -0.4 is 5.56 Å². The lowest BCUT2D eigenvalue weighted by atomic mass is 9.95. The molecule has 0 aliphatic heterocycles. The van der Waals surface area contributed by atoms with Crippen LogP contribution in [0.25, 0.3) is 0 Å².